The van der Waals surface area contributed by atoms with E-state index in [0.717, 1.165) is 40.8 Å². The number of urea groups is 1. The number of amidine groups is 1. The molecule has 0 unspecified atom stereocenters. The minimum absolute atomic E-state index is 0.0827. The second-order valence-electron chi connectivity index (χ2n) is 12.3. The molecule has 6 rings (SSSR count). The maximum absolute atomic E-state index is 13.6. The van der Waals surface area contributed by atoms with Gasteiger partial charge >= 0.3 is 12.4 Å². The van der Waals surface area contributed by atoms with Gasteiger partial charge in [-0.15, -0.1) is 18.3 Å². The monoisotopic (exact) mass is 676 g/mol. The Morgan fingerprint density at radius 3 is 2.48 bits per heavy atom. The number of hydrogen-bond acceptors (Lipinski definition) is 6. The van der Waals surface area contributed by atoms with Gasteiger partial charge in [-0.3, -0.25) is 9.69 Å². The van der Waals surface area contributed by atoms with E-state index in [1.54, 1.807) is 9.80 Å². The Morgan fingerprint density at radius 2 is 1.81 bits per heavy atom. The molecule has 3 aromatic carbocycles. The molecule has 48 heavy (non-hydrogen) atoms. The van der Waals surface area contributed by atoms with Gasteiger partial charge in [0.05, 0.1) is 17.1 Å². The largest absolute Gasteiger partial charge is 0.573 e. The van der Waals surface area contributed by atoms with E-state index in [0.29, 0.717) is 42.1 Å². The van der Waals surface area contributed by atoms with Crippen molar-refractivity contribution in [2.24, 2.45) is 10.9 Å². The molecule has 0 radical (unpaired) electrons. The number of aromatic nitrogens is 3. The van der Waals surface area contributed by atoms with Gasteiger partial charge in [-0.25, -0.2) is 14.5 Å². The number of alkyl halides is 3. The molecule has 1 saturated carbocycles. The van der Waals surface area contributed by atoms with E-state index < -0.39 is 6.36 Å². The number of amides is 3. The van der Waals surface area contributed by atoms with Crippen LogP contribution in [-0.4, -0.2) is 62.0 Å². The van der Waals surface area contributed by atoms with Crippen molar-refractivity contribution in [1.29, 1.82) is 0 Å². The molecule has 13 heteroatoms. The summed E-state index contributed by atoms with van der Waals surface area (Å²) < 4.78 is 42.8. The quantitative estimate of drug-likeness (QED) is 0.170. The molecular formula is C35H35F3N6O3S. The molecule has 0 bridgehead atoms. The number of carbonyl (C=O) groups excluding carboxylic acids is 2. The SMILES string of the molecule is Cc1ccc(C(C)C)c(N2C(=O)CSC2=NC(=O)N(CCc2ccc(-c3ncn(-c4ccc(OC(F)(F)F)cc4)n3)cc2)CC2CC2)c1. The van der Waals surface area contributed by atoms with Crippen LogP contribution in [0.1, 0.15) is 49.3 Å². The third-order valence-electron chi connectivity index (χ3n) is 8.16. The minimum atomic E-state index is -4.76. The molecule has 0 atom stereocenters. The van der Waals surface area contributed by atoms with Crippen LogP contribution in [0.2, 0.25) is 0 Å². The number of carbonyl (C=O) groups is 2. The molecule has 0 spiro atoms. The van der Waals surface area contributed by atoms with E-state index >= 15 is 0 Å². The van der Waals surface area contributed by atoms with Crippen LogP contribution in [0, 0.1) is 12.8 Å². The molecule has 1 aliphatic carbocycles. The highest BCUT2D eigenvalue weighted by atomic mass is 32.2. The normalized spacial score (nSPS) is 15.9. The highest BCUT2D eigenvalue weighted by Crippen LogP contribution is 2.35. The van der Waals surface area contributed by atoms with E-state index in [-0.39, 0.29) is 29.4 Å². The second-order valence-corrected chi connectivity index (χ2v) is 13.2. The zero-order chi connectivity index (χ0) is 34.0. The predicted molar refractivity (Wildman–Crippen MR) is 180 cm³/mol. The Morgan fingerprint density at radius 1 is 1.08 bits per heavy atom. The van der Waals surface area contributed by atoms with Gasteiger partial charge in [-0.2, -0.15) is 4.99 Å². The lowest BCUT2D eigenvalue weighted by atomic mass is 9.99. The van der Waals surface area contributed by atoms with Crippen LogP contribution < -0.4 is 9.64 Å². The van der Waals surface area contributed by atoms with Crippen molar-refractivity contribution >= 4 is 34.6 Å². The highest BCUT2D eigenvalue weighted by Gasteiger charge is 2.34. The lowest BCUT2D eigenvalue weighted by molar-refractivity contribution is -0.274. The summed E-state index contributed by atoms with van der Waals surface area (Å²) in [6, 6.07) is 18.8. The van der Waals surface area contributed by atoms with Crippen molar-refractivity contribution in [2.45, 2.75) is 52.3 Å². The molecule has 250 valence electrons. The summed E-state index contributed by atoms with van der Waals surface area (Å²) in [7, 11) is 0. The first-order valence-electron chi connectivity index (χ1n) is 15.7. The highest BCUT2D eigenvalue weighted by molar-refractivity contribution is 8.15. The van der Waals surface area contributed by atoms with Crippen molar-refractivity contribution in [3.8, 4) is 22.8 Å². The Bertz CT molecular complexity index is 1820. The summed E-state index contributed by atoms with van der Waals surface area (Å²) in [5, 5.41) is 4.89. The number of nitrogens with zero attached hydrogens (tertiary/aromatic N) is 6. The summed E-state index contributed by atoms with van der Waals surface area (Å²) in [5.41, 5.74) is 5.17. The van der Waals surface area contributed by atoms with E-state index in [1.807, 2.05) is 49.4 Å². The number of thioether (sulfide) groups is 1. The first kappa shape index (κ1) is 33.3. The van der Waals surface area contributed by atoms with Gasteiger partial charge in [-0.1, -0.05) is 62.0 Å². The third kappa shape index (κ3) is 8.07. The maximum atomic E-state index is 13.6. The van der Waals surface area contributed by atoms with Gasteiger partial charge in [0.25, 0.3) is 0 Å². The third-order valence-corrected chi connectivity index (χ3v) is 9.08. The average molecular weight is 677 g/mol. The number of benzene rings is 3. The topological polar surface area (TPSA) is 92.9 Å². The molecular weight excluding hydrogens is 641 g/mol. The Balaban J connectivity index is 1.12. The van der Waals surface area contributed by atoms with E-state index in [9.17, 15) is 22.8 Å². The van der Waals surface area contributed by atoms with Gasteiger partial charge in [0.15, 0.2) is 11.0 Å². The Labute approximate surface area is 280 Å². The van der Waals surface area contributed by atoms with Crippen LogP contribution in [0.4, 0.5) is 23.7 Å². The van der Waals surface area contributed by atoms with Gasteiger partial charge < -0.3 is 9.64 Å². The van der Waals surface area contributed by atoms with Gasteiger partial charge in [0.1, 0.15) is 12.1 Å². The van der Waals surface area contributed by atoms with Crippen LogP contribution in [0.5, 0.6) is 5.75 Å². The summed E-state index contributed by atoms with van der Waals surface area (Å²) in [6.07, 6.45) is -0.485. The summed E-state index contributed by atoms with van der Waals surface area (Å²) in [4.78, 5) is 38.9. The number of aryl methyl sites for hydroxylation is 1. The Kier molecular flexibility index (Phi) is 9.58. The van der Waals surface area contributed by atoms with Crippen molar-refractivity contribution in [3.05, 3.63) is 89.7 Å². The molecule has 3 amide bonds. The Hall–Kier alpha value is -4.65. The molecule has 2 fully saturated rings. The van der Waals surface area contributed by atoms with Gasteiger partial charge in [0.2, 0.25) is 5.91 Å². The van der Waals surface area contributed by atoms with Crippen LogP contribution in [0.15, 0.2) is 78.0 Å². The van der Waals surface area contributed by atoms with Crippen LogP contribution in [-0.2, 0) is 11.2 Å². The van der Waals surface area contributed by atoms with Crippen molar-refractivity contribution in [3.63, 3.8) is 0 Å². The number of halogens is 3. The molecule has 1 aliphatic heterocycles. The maximum Gasteiger partial charge on any atom is 0.573 e. The summed E-state index contributed by atoms with van der Waals surface area (Å²) in [6.45, 7) is 7.25. The molecule has 9 nitrogen and oxygen atoms in total. The lowest BCUT2D eigenvalue weighted by Crippen LogP contribution is -2.36. The molecule has 2 heterocycles. The smallest absolute Gasteiger partial charge is 0.406 e. The molecule has 0 N–H and O–H groups in total. The molecule has 2 aliphatic rings. The molecule has 4 aromatic rings. The van der Waals surface area contributed by atoms with Crippen LogP contribution in [0.3, 0.4) is 0 Å². The predicted octanol–water partition coefficient (Wildman–Crippen LogP) is 7.78. The van der Waals surface area contributed by atoms with Gasteiger partial charge in [-0.05, 0) is 85.0 Å². The first-order chi connectivity index (χ1) is 22.9. The number of anilines is 1. The summed E-state index contributed by atoms with van der Waals surface area (Å²) in [5.74, 6) is 0.959. The van der Waals surface area contributed by atoms with Crippen molar-refractivity contribution in [1.82, 2.24) is 19.7 Å². The number of hydrogen-bond donors (Lipinski definition) is 0. The fourth-order valence-corrected chi connectivity index (χ4v) is 6.31. The molecule has 1 aromatic heterocycles. The van der Waals surface area contributed by atoms with Crippen LogP contribution in [0.25, 0.3) is 17.1 Å². The lowest BCUT2D eigenvalue weighted by Gasteiger charge is -2.24. The number of ether oxygens (including phenoxy) is 1. The van der Waals surface area contributed by atoms with Gasteiger partial charge in [0, 0.05) is 18.7 Å². The summed E-state index contributed by atoms with van der Waals surface area (Å²) >= 11 is 1.30. The first-order valence-corrected chi connectivity index (χ1v) is 16.7. The van der Waals surface area contributed by atoms with E-state index in [2.05, 4.69) is 33.7 Å². The standard InChI is InChI=1S/C35H35F3N6O3S/c1-22(2)29-15-4-23(3)18-30(29)44-31(45)20-48-34(44)40-33(46)42(19-25-5-6-25)17-16-24-7-9-26(10-8-24)32-39-21-43(41-32)27-11-13-28(14-12-27)47-35(36,37)38/h4,7-15,18,21-22,25H,5-6,16-17,19-20H2,1-3H3. The van der Waals surface area contributed by atoms with E-state index in [1.165, 1.54) is 47.0 Å². The van der Waals surface area contributed by atoms with E-state index in [4.69, 9.17) is 0 Å². The zero-order valence-electron chi connectivity index (χ0n) is 26.8. The molecule has 1 saturated heterocycles. The fraction of sp³-hybridized carbons (Fsp3) is 0.343. The number of aliphatic imine (C=N–C) groups is 1. The van der Waals surface area contributed by atoms with Crippen molar-refractivity contribution < 1.29 is 27.5 Å². The average Bonchev–Trinajstić information content (AvgIpc) is 3.60. The zero-order valence-corrected chi connectivity index (χ0v) is 27.6. The fourth-order valence-electron chi connectivity index (χ4n) is 5.45. The minimum Gasteiger partial charge on any atom is -0.406 e. The number of rotatable bonds is 10. The van der Waals surface area contributed by atoms with Crippen LogP contribution >= 0.6 is 11.8 Å². The second kappa shape index (κ2) is 13.8. The van der Waals surface area contributed by atoms with Crippen molar-refractivity contribution in [2.75, 3.05) is 23.7 Å².